The number of hydrogen-bond acceptors (Lipinski definition) is 2. The predicted molar refractivity (Wildman–Crippen MR) is 49.7 cm³/mol. The molecule has 1 aromatic heterocycles. The number of alkyl halides is 2. The second kappa shape index (κ2) is 3.81. The second-order valence-electron chi connectivity index (χ2n) is 2.46. The first kappa shape index (κ1) is 10.1. The molecule has 1 heterocycles. The van der Waals surface area contributed by atoms with E-state index in [2.05, 4.69) is 15.9 Å². The number of halogens is 3. The average molecular weight is 256 g/mol. The van der Waals surface area contributed by atoms with Gasteiger partial charge in [0.25, 0.3) is 6.43 Å². The molecule has 0 amide bonds. The van der Waals surface area contributed by atoms with Gasteiger partial charge in [-0.2, -0.15) is 0 Å². The summed E-state index contributed by atoms with van der Waals surface area (Å²) in [6.45, 7) is 1.85. The van der Waals surface area contributed by atoms with E-state index in [0.717, 1.165) is 5.56 Å². The van der Waals surface area contributed by atoms with Gasteiger partial charge in [-0.25, -0.2) is 8.78 Å². The Hall–Kier alpha value is -0.0000000000000000555. The predicted octanol–water partition coefficient (Wildman–Crippen LogP) is 3.08. The average Bonchev–Trinajstić information content (AvgIpc) is 2.32. The smallest absolute Gasteiger partial charge is 0.258 e. The van der Waals surface area contributed by atoms with E-state index in [1.165, 1.54) is 11.3 Å². The zero-order chi connectivity index (χ0) is 9.30. The molecule has 1 aromatic rings. The quantitative estimate of drug-likeness (QED) is 0.864. The highest BCUT2D eigenvalue weighted by Crippen LogP contribution is 2.33. The van der Waals surface area contributed by atoms with Crippen LogP contribution in [0.1, 0.15) is 16.5 Å². The Morgan fingerprint density at radius 1 is 1.58 bits per heavy atom. The summed E-state index contributed by atoms with van der Waals surface area (Å²) >= 11 is 4.48. The third-order valence-corrected chi connectivity index (χ3v) is 4.02. The topological polar surface area (TPSA) is 26.0 Å². The van der Waals surface area contributed by atoms with E-state index in [4.69, 9.17) is 5.73 Å². The standard InChI is InChI=1S/C7H8BrF2NS/c1-3-2-12-6(4(3)8)5(11)7(9)10/h2,5,7H,11H2,1H3. The summed E-state index contributed by atoms with van der Waals surface area (Å²) in [5, 5.41) is 1.81. The van der Waals surface area contributed by atoms with Gasteiger partial charge in [0.15, 0.2) is 0 Å². The van der Waals surface area contributed by atoms with Crippen LogP contribution in [0, 0.1) is 6.92 Å². The summed E-state index contributed by atoms with van der Waals surface area (Å²) in [5.74, 6) is 0. The molecule has 68 valence electrons. The van der Waals surface area contributed by atoms with Gasteiger partial charge < -0.3 is 5.73 Å². The van der Waals surface area contributed by atoms with Crippen molar-refractivity contribution in [2.45, 2.75) is 19.4 Å². The van der Waals surface area contributed by atoms with Crippen molar-refractivity contribution in [2.24, 2.45) is 5.73 Å². The lowest BCUT2D eigenvalue weighted by atomic mass is 10.2. The van der Waals surface area contributed by atoms with Crippen molar-refractivity contribution in [2.75, 3.05) is 0 Å². The van der Waals surface area contributed by atoms with Gasteiger partial charge in [0.1, 0.15) is 6.04 Å². The molecule has 12 heavy (non-hydrogen) atoms. The van der Waals surface area contributed by atoms with Crippen LogP contribution in [0.2, 0.25) is 0 Å². The minimum Gasteiger partial charge on any atom is -0.319 e. The normalized spacial score (nSPS) is 13.8. The fourth-order valence-electron chi connectivity index (χ4n) is 0.789. The zero-order valence-electron chi connectivity index (χ0n) is 6.35. The van der Waals surface area contributed by atoms with Crippen LogP contribution in [0.15, 0.2) is 9.85 Å². The van der Waals surface area contributed by atoms with Crippen molar-refractivity contribution in [1.29, 1.82) is 0 Å². The fourth-order valence-corrected chi connectivity index (χ4v) is 2.55. The van der Waals surface area contributed by atoms with Crippen LogP contribution in [-0.2, 0) is 0 Å². The van der Waals surface area contributed by atoms with Crippen LogP contribution in [0.5, 0.6) is 0 Å². The van der Waals surface area contributed by atoms with Crippen LogP contribution >= 0.6 is 27.3 Å². The SMILES string of the molecule is Cc1csc(C(N)C(F)F)c1Br. The first-order valence-corrected chi connectivity index (χ1v) is 4.98. The number of aryl methyl sites for hydroxylation is 1. The molecule has 0 aliphatic rings. The molecule has 0 saturated carbocycles. The Labute approximate surface area is 81.7 Å². The van der Waals surface area contributed by atoms with E-state index in [9.17, 15) is 8.78 Å². The van der Waals surface area contributed by atoms with Crippen LogP contribution < -0.4 is 5.73 Å². The van der Waals surface area contributed by atoms with Crippen molar-refractivity contribution in [3.05, 3.63) is 20.3 Å². The number of thiophene rings is 1. The van der Waals surface area contributed by atoms with Crippen LogP contribution in [0.3, 0.4) is 0 Å². The molecule has 1 unspecified atom stereocenters. The molecule has 0 fully saturated rings. The van der Waals surface area contributed by atoms with E-state index in [1.807, 2.05) is 12.3 Å². The lowest BCUT2D eigenvalue weighted by molar-refractivity contribution is 0.117. The highest BCUT2D eigenvalue weighted by atomic mass is 79.9. The largest absolute Gasteiger partial charge is 0.319 e. The van der Waals surface area contributed by atoms with E-state index in [1.54, 1.807) is 0 Å². The van der Waals surface area contributed by atoms with Gasteiger partial charge in [0, 0.05) is 9.35 Å². The van der Waals surface area contributed by atoms with Crippen molar-refractivity contribution in [1.82, 2.24) is 0 Å². The summed E-state index contributed by atoms with van der Waals surface area (Å²) in [4.78, 5) is 0.516. The van der Waals surface area contributed by atoms with Gasteiger partial charge in [-0.05, 0) is 33.8 Å². The van der Waals surface area contributed by atoms with Gasteiger partial charge in [0.2, 0.25) is 0 Å². The Morgan fingerprint density at radius 2 is 2.17 bits per heavy atom. The molecule has 1 nitrogen and oxygen atoms in total. The molecule has 0 spiro atoms. The van der Waals surface area contributed by atoms with Gasteiger partial charge in [-0.3, -0.25) is 0 Å². The Bertz CT molecular complexity index is 274. The lowest BCUT2D eigenvalue weighted by Crippen LogP contribution is -2.17. The fraction of sp³-hybridized carbons (Fsp3) is 0.429. The van der Waals surface area contributed by atoms with E-state index in [0.29, 0.717) is 9.35 Å². The van der Waals surface area contributed by atoms with Crippen molar-refractivity contribution < 1.29 is 8.78 Å². The monoisotopic (exact) mass is 255 g/mol. The molecule has 0 bridgehead atoms. The first-order valence-electron chi connectivity index (χ1n) is 3.31. The van der Waals surface area contributed by atoms with E-state index >= 15 is 0 Å². The van der Waals surface area contributed by atoms with Crippen LogP contribution in [0.4, 0.5) is 8.78 Å². The van der Waals surface area contributed by atoms with Crippen molar-refractivity contribution >= 4 is 27.3 Å². The third kappa shape index (κ3) is 1.84. The first-order chi connectivity index (χ1) is 5.54. The Balaban J connectivity index is 2.95. The minimum absolute atomic E-state index is 0.516. The van der Waals surface area contributed by atoms with Gasteiger partial charge in [-0.1, -0.05) is 0 Å². The lowest BCUT2D eigenvalue weighted by Gasteiger charge is -2.08. The maximum absolute atomic E-state index is 12.2. The summed E-state index contributed by atoms with van der Waals surface area (Å²) in [6, 6.07) is -1.17. The summed E-state index contributed by atoms with van der Waals surface area (Å²) in [7, 11) is 0. The molecule has 0 saturated heterocycles. The summed E-state index contributed by atoms with van der Waals surface area (Å²) < 4.78 is 25.0. The number of hydrogen-bond donors (Lipinski definition) is 1. The van der Waals surface area contributed by atoms with Gasteiger partial charge >= 0.3 is 0 Å². The zero-order valence-corrected chi connectivity index (χ0v) is 8.75. The molecule has 1 atom stereocenters. The van der Waals surface area contributed by atoms with Crippen molar-refractivity contribution in [3.8, 4) is 0 Å². The molecule has 5 heteroatoms. The second-order valence-corrected chi connectivity index (χ2v) is 4.16. The Kier molecular flexibility index (Phi) is 3.20. The van der Waals surface area contributed by atoms with E-state index < -0.39 is 12.5 Å². The maximum Gasteiger partial charge on any atom is 0.258 e. The molecule has 0 aromatic carbocycles. The molecule has 0 radical (unpaired) electrons. The molecule has 2 N–H and O–H groups in total. The summed E-state index contributed by atoms with van der Waals surface area (Å²) in [5.41, 5.74) is 6.23. The number of nitrogens with two attached hydrogens (primary N) is 1. The third-order valence-electron chi connectivity index (χ3n) is 1.50. The summed E-state index contributed by atoms with van der Waals surface area (Å²) in [6.07, 6.45) is -2.50. The Morgan fingerprint density at radius 3 is 2.50 bits per heavy atom. The molecule has 0 aliphatic heterocycles. The molecular weight excluding hydrogens is 248 g/mol. The highest BCUT2D eigenvalue weighted by Gasteiger charge is 2.22. The van der Waals surface area contributed by atoms with Crippen molar-refractivity contribution in [3.63, 3.8) is 0 Å². The maximum atomic E-state index is 12.2. The molecule has 0 aliphatic carbocycles. The van der Waals surface area contributed by atoms with Gasteiger partial charge in [-0.15, -0.1) is 11.3 Å². The van der Waals surface area contributed by atoms with Crippen LogP contribution in [-0.4, -0.2) is 6.43 Å². The highest BCUT2D eigenvalue weighted by molar-refractivity contribution is 9.10. The number of rotatable bonds is 2. The molecule has 1 rings (SSSR count). The van der Waals surface area contributed by atoms with Crippen LogP contribution in [0.25, 0.3) is 0 Å². The van der Waals surface area contributed by atoms with Gasteiger partial charge in [0.05, 0.1) is 0 Å². The molecular formula is C7H8BrF2NS. The van der Waals surface area contributed by atoms with E-state index in [-0.39, 0.29) is 0 Å². The minimum atomic E-state index is -2.50.